The number of hydrogen-bond donors (Lipinski definition) is 1. The quantitative estimate of drug-likeness (QED) is 0.431. The van der Waals surface area contributed by atoms with E-state index in [0.29, 0.717) is 19.8 Å². The topological polar surface area (TPSA) is 81.7 Å². The zero-order chi connectivity index (χ0) is 19.6. The van der Waals surface area contributed by atoms with Gasteiger partial charge in [-0.1, -0.05) is 41.6 Å². The Morgan fingerprint density at radius 1 is 1.15 bits per heavy atom. The Bertz CT molecular complexity index is 1050. The van der Waals surface area contributed by atoms with E-state index < -0.39 is 10.1 Å². The number of nitrogens with one attached hydrogen (secondary N) is 1. The monoisotopic (exact) mass is 441 g/mol. The van der Waals surface area contributed by atoms with Gasteiger partial charge in [-0.05, 0) is 48.0 Å². The van der Waals surface area contributed by atoms with Crippen LogP contribution in [0.1, 0.15) is 5.56 Å². The Morgan fingerprint density at radius 3 is 2.44 bits per heavy atom. The molecular weight excluding hydrogens is 430 g/mol. The maximum Gasteiger partial charge on any atom is 0.339 e. The molecule has 1 aliphatic heterocycles. The van der Waals surface area contributed by atoms with Crippen molar-refractivity contribution in [1.29, 1.82) is 0 Å². The molecule has 27 heavy (non-hydrogen) atoms. The molecule has 0 unspecified atom stereocenters. The van der Waals surface area contributed by atoms with Crippen molar-refractivity contribution >= 4 is 62.0 Å². The fraction of sp³-hybridized carbons (Fsp3) is 0.0588. The molecule has 10 heteroatoms. The fourth-order valence-corrected chi connectivity index (χ4v) is 4.29. The summed E-state index contributed by atoms with van der Waals surface area (Å²) in [6.45, 7) is 0. The number of benzene rings is 2. The normalized spacial score (nSPS) is 15.7. The Balaban J connectivity index is 1.94. The second-order valence-corrected chi connectivity index (χ2v) is 8.96. The average molecular weight is 442 g/mol. The number of carbonyl (C=O) groups excluding carboxylic acids is 1. The van der Waals surface area contributed by atoms with Crippen LogP contribution in [0, 0.1) is 0 Å². The zero-order valence-electron chi connectivity index (χ0n) is 13.8. The Labute approximate surface area is 170 Å². The van der Waals surface area contributed by atoms with E-state index in [4.69, 9.17) is 32.7 Å². The van der Waals surface area contributed by atoms with Crippen LogP contribution in [0.25, 0.3) is 6.08 Å². The van der Waals surface area contributed by atoms with Crippen LogP contribution in [0.4, 0.5) is 0 Å². The molecule has 1 aliphatic rings. The largest absolute Gasteiger partial charge is 0.493 e. The summed E-state index contributed by atoms with van der Waals surface area (Å²) in [7, 11) is -2.69. The average Bonchev–Trinajstić information content (AvgIpc) is 2.92. The van der Waals surface area contributed by atoms with Crippen molar-refractivity contribution < 1.29 is 22.1 Å². The second kappa shape index (κ2) is 7.89. The van der Waals surface area contributed by atoms with Gasteiger partial charge in [0.05, 0.1) is 12.0 Å². The lowest BCUT2D eigenvalue weighted by Gasteiger charge is -2.11. The summed E-state index contributed by atoms with van der Waals surface area (Å²) in [6, 6.07) is 10.3. The number of halogens is 1. The van der Waals surface area contributed by atoms with Gasteiger partial charge in [0.1, 0.15) is 9.22 Å². The number of thioether (sulfide) groups is 1. The van der Waals surface area contributed by atoms with Crippen molar-refractivity contribution in [1.82, 2.24) is 5.32 Å². The molecule has 1 N–H and O–H groups in total. The maximum absolute atomic E-state index is 12.5. The van der Waals surface area contributed by atoms with E-state index in [9.17, 15) is 13.2 Å². The summed E-state index contributed by atoms with van der Waals surface area (Å²) >= 11 is 11.9. The molecule has 0 aromatic heterocycles. The summed E-state index contributed by atoms with van der Waals surface area (Å²) < 4.78 is 35.8. The van der Waals surface area contributed by atoms with Gasteiger partial charge in [-0.3, -0.25) is 4.79 Å². The third kappa shape index (κ3) is 4.62. The molecule has 0 aliphatic carbocycles. The van der Waals surface area contributed by atoms with Crippen LogP contribution in [0.2, 0.25) is 5.02 Å². The van der Waals surface area contributed by atoms with Gasteiger partial charge in [-0.25, -0.2) is 0 Å². The molecule has 1 fully saturated rings. The molecule has 1 amide bonds. The van der Waals surface area contributed by atoms with E-state index in [2.05, 4.69) is 5.32 Å². The minimum absolute atomic E-state index is 0.00668. The van der Waals surface area contributed by atoms with Gasteiger partial charge < -0.3 is 14.2 Å². The van der Waals surface area contributed by atoms with Crippen LogP contribution in [-0.2, 0) is 14.9 Å². The van der Waals surface area contributed by atoms with Crippen LogP contribution < -0.4 is 14.2 Å². The van der Waals surface area contributed by atoms with E-state index in [1.165, 1.54) is 37.4 Å². The van der Waals surface area contributed by atoms with Gasteiger partial charge in [0.25, 0.3) is 5.91 Å². The van der Waals surface area contributed by atoms with Gasteiger partial charge >= 0.3 is 10.1 Å². The fourth-order valence-electron chi connectivity index (χ4n) is 2.19. The van der Waals surface area contributed by atoms with Crippen LogP contribution >= 0.6 is 35.6 Å². The van der Waals surface area contributed by atoms with Crippen molar-refractivity contribution in [3.05, 3.63) is 58.0 Å². The standard InChI is InChI=1S/C17H12ClNO5S3/c1-23-13-7-2-10(9-15-16(20)19-17(25)26-15)8-14(13)24-27(21,22)12-5-3-11(18)4-6-12/h2-9H,1H3,(H,19,20,25)/b15-9+. The number of methoxy groups -OCH3 is 1. The lowest BCUT2D eigenvalue weighted by molar-refractivity contribution is -0.115. The Morgan fingerprint density at radius 2 is 1.85 bits per heavy atom. The molecule has 0 atom stereocenters. The van der Waals surface area contributed by atoms with E-state index in [0.717, 1.165) is 11.8 Å². The number of hydrogen-bond acceptors (Lipinski definition) is 7. The van der Waals surface area contributed by atoms with Gasteiger partial charge in [-0.2, -0.15) is 8.42 Å². The number of thiocarbonyl (C=S) groups is 1. The number of ether oxygens (including phenoxy) is 1. The van der Waals surface area contributed by atoms with E-state index >= 15 is 0 Å². The smallest absolute Gasteiger partial charge is 0.339 e. The van der Waals surface area contributed by atoms with Crippen molar-refractivity contribution in [2.45, 2.75) is 4.90 Å². The minimum atomic E-state index is -4.09. The lowest BCUT2D eigenvalue weighted by Crippen LogP contribution is -2.17. The summed E-state index contributed by atoms with van der Waals surface area (Å²) in [4.78, 5) is 12.1. The summed E-state index contributed by atoms with van der Waals surface area (Å²) in [6.07, 6.45) is 1.58. The zero-order valence-corrected chi connectivity index (χ0v) is 17.0. The third-order valence-electron chi connectivity index (χ3n) is 3.43. The summed E-state index contributed by atoms with van der Waals surface area (Å²) in [5.41, 5.74) is 0.555. The molecule has 0 bridgehead atoms. The highest BCUT2D eigenvalue weighted by Gasteiger charge is 2.23. The summed E-state index contributed by atoms with van der Waals surface area (Å²) in [5, 5.41) is 2.92. The van der Waals surface area contributed by atoms with Crippen molar-refractivity contribution in [3.63, 3.8) is 0 Å². The van der Waals surface area contributed by atoms with E-state index in [1.807, 2.05) is 0 Å². The molecule has 1 saturated heterocycles. The van der Waals surface area contributed by atoms with Crippen molar-refractivity contribution in [3.8, 4) is 11.5 Å². The summed E-state index contributed by atoms with van der Waals surface area (Å²) in [5.74, 6) is -0.0846. The molecular formula is C17H12ClNO5S3. The second-order valence-electron chi connectivity index (χ2n) is 5.25. The maximum atomic E-state index is 12.5. The predicted molar refractivity (Wildman–Crippen MR) is 109 cm³/mol. The van der Waals surface area contributed by atoms with Crippen molar-refractivity contribution in [2.75, 3.05) is 7.11 Å². The van der Waals surface area contributed by atoms with Gasteiger partial charge in [0.15, 0.2) is 11.5 Å². The van der Waals surface area contributed by atoms with Crippen LogP contribution in [0.5, 0.6) is 11.5 Å². The Kier molecular flexibility index (Phi) is 5.75. The molecule has 2 aromatic carbocycles. The number of amides is 1. The van der Waals surface area contributed by atoms with Gasteiger partial charge in [0, 0.05) is 5.02 Å². The lowest BCUT2D eigenvalue weighted by atomic mass is 10.2. The third-order valence-corrected chi connectivity index (χ3v) is 6.09. The van der Waals surface area contributed by atoms with Crippen LogP contribution in [0.15, 0.2) is 52.3 Å². The first-order chi connectivity index (χ1) is 12.8. The first kappa shape index (κ1) is 19.7. The molecule has 140 valence electrons. The highest BCUT2D eigenvalue weighted by Crippen LogP contribution is 2.33. The highest BCUT2D eigenvalue weighted by atomic mass is 35.5. The van der Waals surface area contributed by atoms with Gasteiger partial charge in [0.2, 0.25) is 0 Å². The molecule has 3 rings (SSSR count). The van der Waals surface area contributed by atoms with Gasteiger partial charge in [-0.15, -0.1) is 0 Å². The first-order valence-corrected chi connectivity index (χ1v) is 10.4. The predicted octanol–water partition coefficient (Wildman–Crippen LogP) is 3.61. The molecule has 0 radical (unpaired) electrons. The highest BCUT2D eigenvalue weighted by molar-refractivity contribution is 8.26. The van der Waals surface area contributed by atoms with E-state index in [-0.39, 0.29) is 22.3 Å². The number of rotatable bonds is 5. The Hall–Kier alpha value is -2.07. The molecule has 0 saturated carbocycles. The molecule has 1 heterocycles. The van der Waals surface area contributed by atoms with Crippen molar-refractivity contribution in [2.24, 2.45) is 0 Å². The van der Waals surface area contributed by atoms with Crippen LogP contribution in [0.3, 0.4) is 0 Å². The first-order valence-electron chi connectivity index (χ1n) is 7.41. The molecule has 2 aromatic rings. The minimum Gasteiger partial charge on any atom is -0.493 e. The number of carbonyl (C=O) groups is 1. The molecule has 6 nitrogen and oxygen atoms in total. The SMILES string of the molecule is COc1ccc(/C=C2/SC(=S)NC2=O)cc1OS(=O)(=O)c1ccc(Cl)cc1. The van der Waals surface area contributed by atoms with E-state index in [1.54, 1.807) is 18.2 Å². The molecule has 0 spiro atoms. The van der Waals surface area contributed by atoms with Crippen LogP contribution in [-0.4, -0.2) is 25.8 Å².